The van der Waals surface area contributed by atoms with Crippen LogP contribution in [0.15, 0.2) is 0 Å². The monoisotopic (exact) mass is 264 g/mol. The van der Waals surface area contributed by atoms with Gasteiger partial charge in [0.15, 0.2) is 0 Å². The average Bonchev–Trinajstić information content (AvgIpc) is 3.04. The lowest BCUT2D eigenvalue weighted by atomic mass is 9.79. The summed E-state index contributed by atoms with van der Waals surface area (Å²) < 4.78 is 0. The molecule has 3 rings (SSSR count). The van der Waals surface area contributed by atoms with E-state index in [0.29, 0.717) is 17.9 Å². The first-order valence-electron chi connectivity index (χ1n) is 8.25. The van der Waals surface area contributed by atoms with E-state index in [0.717, 1.165) is 50.6 Å². The lowest BCUT2D eigenvalue weighted by Gasteiger charge is -2.27. The third-order valence-corrected chi connectivity index (χ3v) is 5.68. The highest BCUT2D eigenvalue weighted by Crippen LogP contribution is 2.36. The number of hydrogen-bond donors (Lipinski definition) is 1. The molecular formula is C16H28N2O. The third kappa shape index (κ3) is 3.13. The molecule has 3 nitrogen and oxygen atoms in total. The molecule has 2 aliphatic carbocycles. The van der Waals surface area contributed by atoms with Crippen LogP contribution in [0.2, 0.25) is 0 Å². The van der Waals surface area contributed by atoms with Crippen molar-refractivity contribution < 1.29 is 4.79 Å². The largest absolute Gasteiger partial charge is 0.342 e. The van der Waals surface area contributed by atoms with Crippen LogP contribution in [-0.4, -0.2) is 29.9 Å². The van der Waals surface area contributed by atoms with Gasteiger partial charge in [-0.1, -0.05) is 25.7 Å². The first kappa shape index (κ1) is 13.4. The zero-order chi connectivity index (χ0) is 13.2. The predicted octanol–water partition coefficient (Wildman–Crippen LogP) is 2.54. The summed E-state index contributed by atoms with van der Waals surface area (Å²) in [6.07, 6.45) is 10.9. The van der Waals surface area contributed by atoms with Crippen LogP contribution >= 0.6 is 0 Å². The van der Waals surface area contributed by atoms with Crippen molar-refractivity contribution in [1.82, 2.24) is 4.90 Å². The van der Waals surface area contributed by atoms with Gasteiger partial charge in [-0.2, -0.15) is 0 Å². The van der Waals surface area contributed by atoms with E-state index in [-0.39, 0.29) is 0 Å². The summed E-state index contributed by atoms with van der Waals surface area (Å²) in [6, 6.07) is 0.384. The van der Waals surface area contributed by atoms with Crippen molar-refractivity contribution >= 4 is 5.91 Å². The molecule has 0 aromatic heterocycles. The van der Waals surface area contributed by atoms with Gasteiger partial charge in [0.05, 0.1) is 0 Å². The quantitative estimate of drug-likeness (QED) is 0.851. The molecule has 2 N–H and O–H groups in total. The zero-order valence-electron chi connectivity index (χ0n) is 12.0. The number of hydrogen-bond acceptors (Lipinski definition) is 2. The van der Waals surface area contributed by atoms with Gasteiger partial charge < -0.3 is 10.6 Å². The molecule has 1 unspecified atom stereocenters. The number of carbonyl (C=O) groups is 1. The Kier molecular flexibility index (Phi) is 4.11. The standard InChI is InChI=1S/C16H28N2O/c17-15-7-6-13-10-18(11-14(13)9-15)16(19)8-5-12-3-1-2-4-12/h12-15H,1-11,17H2/t13-,14+,15?/m1/s1. The number of likely N-dealkylation sites (tertiary alicyclic amines) is 1. The maximum atomic E-state index is 12.3. The van der Waals surface area contributed by atoms with E-state index < -0.39 is 0 Å². The summed E-state index contributed by atoms with van der Waals surface area (Å²) >= 11 is 0. The number of fused-ring (bicyclic) bond motifs is 1. The van der Waals surface area contributed by atoms with Crippen LogP contribution in [0.4, 0.5) is 0 Å². The van der Waals surface area contributed by atoms with Crippen molar-refractivity contribution in [3.63, 3.8) is 0 Å². The highest BCUT2D eigenvalue weighted by Gasteiger charge is 2.38. The summed E-state index contributed by atoms with van der Waals surface area (Å²) in [4.78, 5) is 14.5. The smallest absolute Gasteiger partial charge is 0.222 e. The molecule has 3 atom stereocenters. The van der Waals surface area contributed by atoms with Crippen LogP contribution < -0.4 is 5.73 Å². The molecule has 0 radical (unpaired) electrons. The van der Waals surface area contributed by atoms with Gasteiger partial charge in [-0.25, -0.2) is 0 Å². The number of nitrogens with two attached hydrogens (primary N) is 1. The summed E-state index contributed by atoms with van der Waals surface area (Å²) in [5.74, 6) is 2.69. The Morgan fingerprint density at radius 1 is 1.05 bits per heavy atom. The van der Waals surface area contributed by atoms with E-state index >= 15 is 0 Å². The zero-order valence-corrected chi connectivity index (χ0v) is 12.0. The van der Waals surface area contributed by atoms with Gasteiger partial charge in [-0.3, -0.25) is 4.79 Å². The Bertz CT molecular complexity index is 325. The van der Waals surface area contributed by atoms with Gasteiger partial charge in [0.25, 0.3) is 0 Å². The summed E-state index contributed by atoms with van der Waals surface area (Å²) in [7, 11) is 0. The Morgan fingerprint density at radius 2 is 1.79 bits per heavy atom. The maximum Gasteiger partial charge on any atom is 0.222 e. The fraction of sp³-hybridized carbons (Fsp3) is 0.938. The third-order valence-electron chi connectivity index (χ3n) is 5.68. The topological polar surface area (TPSA) is 46.3 Å². The van der Waals surface area contributed by atoms with Gasteiger partial charge in [-0.15, -0.1) is 0 Å². The minimum Gasteiger partial charge on any atom is -0.342 e. The SMILES string of the molecule is NC1CC[C@@H]2CN(C(=O)CCC3CCCC3)C[C@@H]2C1. The van der Waals surface area contributed by atoms with Crippen LogP contribution in [0.1, 0.15) is 57.8 Å². The second kappa shape index (κ2) is 5.82. The lowest BCUT2D eigenvalue weighted by molar-refractivity contribution is -0.130. The van der Waals surface area contributed by atoms with Gasteiger partial charge >= 0.3 is 0 Å². The van der Waals surface area contributed by atoms with Crippen LogP contribution in [0.25, 0.3) is 0 Å². The van der Waals surface area contributed by atoms with Crippen molar-refractivity contribution in [2.24, 2.45) is 23.5 Å². The van der Waals surface area contributed by atoms with Gasteiger partial charge in [0.1, 0.15) is 0 Å². The Balaban J connectivity index is 1.45. The molecule has 0 spiro atoms. The minimum atomic E-state index is 0.384. The van der Waals surface area contributed by atoms with Crippen molar-refractivity contribution in [2.45, 2.75) is 63.8 Å². The van der Waals surface area contributed by atoms with Gasteiger partial charge in [-0.05, 0) is 43.4 Å². The number of nitrogens with zero attached hydrogens (tertiary/aromatic N) is 1. The molecule has 0 aromatic carbocycles. The Morgan fingerprint density at radius 3 is 2.58 bits per heavy atom. The van der Waals surface area contributed by atoms with Gasteiger partial charge in [0, 0.05) is 25.6 Å². The minimum absolute atomic E-state index is 0.384. The first-order chi connectivity index (χ1) is 9.22. The molecule has 3 aliphatic rings. The Hall–Kier alpha value is -0.570. The van der Waals surface area contributed by atoms with Crippen molar-refractivity contribution in [3.8, 4) is 0 Å². The average molecular weight is 264 g/mol. The molecule has 0 bridgehead atoms. The Labute approximate surface area is 116 Å². The molecule has 108 valence electrons. The first-order valence-corrected chi connectivity index (χ1v) is 8.25. The summed E-state index contributed by atoms with van der Waals surface area (Å²) in [6.45, 7) is 2.00. The normalized spacial score (nSPS) is 35.6. The van der Waals surface area contributed by atoms with Crippen LogP contribution in [0.3, 0.4) is 0 Å². The van der Waals surface area contributed by atoms with Crippen LogP contribution in [-0.2, 0) is 4.79 Å². The van der Waals surface area contributed by atoms with E-state index in [1.807, 2.05) is 0 Å². The lowest BCUT2D eigenvalue weighted by Crippen LogP contribution is -2.32. The van der Waals surface area contributed by atoms with Crippen molar-refractivity contribution in [2.75, 3.05) is 13.1 Å². The fourth-order valence-corrected chi connectivity index (χ4v) is 4.46. The second-order valence-electron chi connectivity index (χ2n) is 7.08. The molecule has 1 amide bonds. The number of rotatable bonds is 3. The predicted molar refractivity (Wildman–Crippen MR) is 76.6 cm³/mol. The number of carbonyl (C=O) groups excluding carboxylic acids is 1. The molecular weight excluding hydrogens is 236 g/mol. The molecule has 1 saturated heterocycles. The summed E-state index contributed by atoms with van der Waals surface area (Å²) in [5.41, 5.74) is 6.05. The molecule has 2 saturated carbocycles. The molecule has 3 heteroatoms. The van der Waals surface area contributed by atoms with Crippen LogP contribution in [0.5, 0.6) is 0 Å². The highest BCUT2D eigenvalue weighted by molar-refractivity contribution is 5.76. The molecule has 3 fully saturated rings. The van der Waals surface area contributed by atoms with E-state index in [4.69, 9.17) is 5.73 Å². The summed E-state index contributed by atoms with van der Waals surface area (Å²) in [5, 5.41) is 0. The maximum absolute atomic E-state index is 12.3. The van der Waals surface area contributed by atoms with Gasteiger partial charge in [0.2, 0.25) is 5.91 Å². The van der Waals surface area contributed by atoms with Crippen molar-refractivity contribution in [1.29, 1.82) is 0 Å². The van der Waals surface area contributed by atoms with E-state index in [9.17, 15) is 4.79 Å². The van der Waals surface area contributed by atoms with E-state index in [1.54, 1.807) is 0 Å². The molecule has 0 aromatic rings. The molecule has 1 aliphatic heterocycles. The fourth-order valence-electron chi connectivity index (χ4n) is 4.46. The van der Waals surface area contributed by atoms with Crippen molar-refractivity contribution in [3.05, 3.63) is 0 Å². The molecule has 19 heavy (non-hydrogen) atoms. The highest BCUT2D eigenvalue weighted by atomic mass is 16.2. The van der Waals surface area contributed by atoms with E-state index in [2.05, 4.69) is 4.90 Å². The van der Waals surface area contributed by atoms with E-state index in [1.165, 1.54) is 32.1 Å². The molecule has 1 heterocycles. The van der Waals surface area contributed by atoms with Crippen LogP contribution in [0, 0.1) is 17.8 Å². The second-order valence-corrected chi connectivity index (χ2v) is 7.08. The number of amides is 1.